The summed E-state index contributed by atoms with van der Waals surface area (Å²) in [6.07, 6.45) is 3.86. The number of rotatable bonds is 6. The Labute approximate surface area is 168 Å². The Morgan fingerprint density at radius 3 is 2.79 bits per heavy atom. The van der Waals surface area contributed by atoms with Crippen molar-refractivity contribution in [2.75, 3.05) is 0 Å². The third kappa shape index (κ3) is 3.75. The number of ether oxygens (including phenoxy) is 1. The van der Waals surface area contributed by atoms with E-state index in [1.54, 1.807) is 11.8 Å². The average Bonchev–Trinajstić information content (AvgIpc) is 3.25. The maximum Gasteiger partial charge on any atom is 0.191 e. The average molecular weight is 394 g/mol. The molecular formula is C21H23N5OS. The maximum atomic E-state index is 6.13. The lowest BCUT2D eigenvalue weighted by Crippen LogP contribution is -2.10. The fourth-order valence-electron chi connectivity index (χ4n) is 3.18. The Hall–Kier alpha value is -2.80. The van der Waals surface area contributed by atoms with Crippen molar-refractivity contribution in [3.05, 3.63) is 71.4 Å². The van der Waals surface area contributed by atoms with Crippen molar-refractivity contribution < 1.29 is 4.74 Å². The van der Waals surface area contributed by atoms with Gasteiger partial charge in [0.25, 0.3) is 0 Å². The quantitative estimate of drug-likeness (QED) is 0.451. The van der Waals surface area contributed by atoms with Gasteiger partial charge in [0.2, 0.25) is 0 Å². The number of fused-ring (bicyclic) bond motifs is 1. The molecule has 0 aliphatic heterocycles. The third-order valence-electron chi connectivity index (χ3n) is 4.63. The molecule has 4 rings (SSSR count). The molecule has 0 saturated carbocycles. The molecule has 0 spiro atoms. The van der Waals surface area contributed by atoms with Crippen molar-refractivity contribution in [2.24, 2.45) is 7.05 Å². The highest BCUT2D eigenvalue weighted by Crippen LogP contribution is 2.27. The molecule has 1 aromatic carbocycles. The van der Waals surface area contributed by atoms with Gasteiger partial charge in [0.1, 0.15) is 11.4 Å². The monoisotopic (exact) mass is 393 g/mol. The molecular weight excluding hydrogens is 370 g/mol. The molecule has 1 unspecified atom stereocenters. The summed E-state index contributed by atoms with van der Waals surface area (Å²) in [6, 6.07) is 12.2. The molecule has 3 heterocycles. The van der Waals surface area contributed by atoms with Crippen LogP contribution >= 0.6 is 11.8 Å². The summed E-state index contributed by atoms with van der Waals surface area (Å²) in [5, 5.41) is 9.55. The van der Waals surface area contributed by atoms with Crippen LogP contribution in [0.3, 0.4) is 0 Å². The van der Waals surface area contributed by atoms with Crippen molar-refractivity contribution in [3.63, 3.8) is 0 Å². The summed E-state index contributed by atoms with van der Waals surface area (Å²) in [7, 11) is 1.98. The van der Waals surface area contributed by atoms with Crippen LogP contribution in [0.2, 0.25) is 0 Å². The van der Waals surface area contributed by atoms with Crippen LogP contribution < -0.4 is 4.74 Å². The number of aryl methyl sites for hydroxylation is 2. The van der Waals surface area contributed by atoms with Gasteiger partial charge in [-0.3, -0.25) is 0 Å². The highest BCUT2D eigenvalue weighted by molar-refractivity contribution is 7.98. The minimum atomic E-state index is -0.191. The van der Waals surface area contributed by atoms with Crippen molar-refractivity contribution in [3.8, 4) is 5.75 Å². The summed E-state index contributed by atoms with van der Waals surface area (Å²) < 4.78 is 10.2. The van der Waals surface area contributed by atoms with Gasteiger partial charge < -0.3 is 13.7 Å². The Morgan fingerprint density at radius 1 is 1.14 bits per heavy atom. The Morgan fingerprint density at radius 2 is 2.00 bits per heavy atom. The molecule has 0 radical (unpaired) electrons. The number of pyridine rings is 1. The Kier molecular flexibility index (Phi) is 5.09. The summed E-state index contributed by atoms with van der Waals surface area (Å²) in [4.78, 5) is 4.63. The number of nitrogens with zero attached hydrogens (tertiary/aromatic N) is 5. The van der Waals surface area contributed by atoms with Gasteiger partial charge in [0.05, 0.1) is 5.69 Å². The molecule has 0 aliphatic carbocycles. The van der Waals surface area contributed by atoms with E-state index in [1.165, 1.54) is 5.56 Å². The highest BCUT2D eigenvalue weighted by atomic mass is 32.2. The second kappa shape index (κ2) is 7.67. The Balaban J connectivity index is 1.45. The molecule has 0 bridgehead atoms. The lowest BCUT2D eigenvalue weighted by atomic mass is 10.1. The fourth-order valence-corrected chi connectivity index (χ4v) is 3.98. The smallest absolute Gasteiger partial charge is 0.191 e. The van der Waals surface area contributed by atoms with Crippen molar-refractivity contribution in [1.29, 1.82) is 0 Å². The summed E-state index contributed by atoms with van der Waals surface area (Å²) in [6.45, 7) is 6.14. The standard InChI is InChI=1S/C21H23N5OS/c1-14-8-9-18(15(2)11-14)27-16(3)20-23-24-21(25(20)4)28-13-17-12-26-10-6-5-7-19(26)22-17/h5-12,16H,13H2,1-4H3. The van der Waals surface area contributed by atoms with Crippen LogP contribution in [0.5, 0.6) is 5.75 Å². The first-order valence-corrected chi connectivity index (χ1v) is 10.2. The second-order valence-electron chi connectivity index (χ2n) is 6.92. The van der Waals surface area contributed by atoms with Gasteiger partial charge in [-0.25, -0.2) is 4.98 Å². The predicted molar refractivity (Wildman–Crippen MR) is 111 cm³/mol. The van der Waals surface area contributed by atoms with Crippen LogP contribution in [0.1, 0.15) is 35.7 Å². The number of aromatic nitrogens is 5. The molecule has 1 atom stereocenters. The minimum Gasteiger partial charge on any atom is -0.482 e. The van der Waals surface area contributed by atoms with Crippen LogP contribution in [0.25, 0.3) is 5.65 Å². The van der Waals surface area contributed by atoms with Crippen molar-refractivity contribution >= 4 is 17.4 Å². The van der Waals surface area contributed by atoms with E-state index in [-0.39, 0.29) is 6.10 Å². The van der Waals surface area contributed by atoms with E-state index in [0.717, 1.165) is 39.4 Å². The van der Waals surface area contributed by atoms with E-state index < -0.39 is 0 Å². The summed E-state index contributed by atoms with van der Waals surface area (Å²) >= 11 is 1.62. The zero-order chi connectivity index (χ0) is 19.7. The van der Waals surface area contributed by atoms with Crippen LogP contribution in [0.15, 0.2) is 53.9 Å². The zero-order valence-electron chi connectivity index (χ0n) is 16.5. The molecule has 0 saturated heterocycles. The van der Waals surface area contributed by atoms with E-state index in [9.17, 15) is 0 Å². The molecule has 144 valence electrons. The van der Waals surface area contributed by atoms with Gasteiger partial charge >= 0.3 is 0 Å². The molecule has 0 fully saturated rings. The van der Waals surface area contributed by atoms with E-state index in [1.807, 2.05) is 59.6 Å². The molecule has 3 aromatic heterocycles. The second-order valence-corrected chi connectivity index (χ2v) is 7.86. The first-order chi connectivity index (χ1) is 13.5. The van der Waals surface area contributed by atoms with E-state index in [0.29, 0.717) is 0 Å². The highest BCUT2D eigenvalue weighted by Gasteiger charge is 2.18. The summed E-state index contributed by atoms with van der Waals surface area (Å²) in [5.41, 5.74) is 4.31. The molecule has 0 aliphatic rings. The van der Waals surface area contributed by atoms with Crippen LogP contribution in [-0.4, -0.2) is 24.1 Å². The number of benzene rings is 1. The molecule has 0 N–H and O–H groups in total. The zero-order valence-corrected chi connectivity index (χ0v) is 17.3. The van der Waals surface area contributed by atoms with E-state index in [2.05, 4.69) is 41.2 Å². The van der Waals surface area contributed by atoms with Gasteiger partial charge in [-0.1, -0.05) is 35.5 Å². The van der Waals surface area contributed by atoms with Gasteiger partial charge in [-0.15, -0.1) is 10.2 Å². The number of hydrogen-bond acceptors (Lipinski definition) is 5. The predicted octanol–water partition coefficient (Wildman–Crippen LogP) is 4.51. The van der Waals surface area contributed by atoms with Crippen LogP contribution in [0.4, 0.5) is 0 Å². The van der Waals surface area contributed by atoms with E-state index in [4.69, 9.17) is 4.74 Å². The molecule has 0 amide bonds. The maximum absolute atomic E-state index is 6.13. The first kappa shape index (κ1) is 18.6. The van der Waals surface area contributed by atoms with Crippen molar-refractivity contribution in [2.45, 2.75) is 37.8 Å². The van der Waals surface area contributed by atoms with E-state index >= 15 is 0 Å². The largest absolute Gasteiger partial charge is 0.482 e. The normalized spacial score (nSPS) is 12.4. The van der Waals surface area contributed by atoms with Gasteiger partial charge in [0, 0.05) is 25.2 Å². The Bertz CT molecular complexity index is 1080. The van der Waals surface area contributed by atoms with Gasteiger partial charge in [0.15, 0.2) is 17.1 Å². The lowest BCUT2D eigenvalue weighted by Gasteiger charge is -2.16. The van der Waals surface area contributed by atoms with Crippen LogP contribution in [-0.2, 0) is 12.8 Å². The molecule has 4 aromatic rings. The topological polar surface area (TPSA) is 57.2 Å². The van der Waals surface area contributed by atoms with Gasteiger partial charge in [-0.2, -0.15) is 0 Å². The third-order valence-corrected chi connectivity index (χ3v) is 5.68. The number of imidazole rings is 1. The minimum absolute atomic E-state index is 0.191. The summed E-state index contributed by atoms with van der Waals surface area (Å²) in [5.74, 6) is 2.41. The number of hydrogen-bond donors (Lipinski definition) is 0. The van der Waals surface area contributed by atoms with Crippen molar-refractivity contribution in [1.82, 2.24) is 24.1 Å². The molecule has 6 nitrogen and oxygen atoms in total. The lowest BCUT2D eigenvalue weighted by molar-refractivity contribution is 0.210. The fraction of sp³-hybridized carbons (Fsp3) is 0.286. The molecule has 7 heteroatoms. The van der Waals surface area contributed by atoms with Crippen LogP contribution in [0, 0.1) is 13.8 Å². The SMILES string of the molecule is Cc1ccc(OC(C)c2nnc(SCc3cn4ccccc4n3)n2C)c(C)c1. The molecule has 28 heavy (non-hydrogen) atoms. The first-order valence-electron chi connectivity index (χ1n) is 9.20. The number of thioether (sulfide) groups is 1. The van der Waals surface area contributed by atoms with Gasteiger partial charge in [-0.05, 0) is 44.5 Å².